The average Bonchev–Trinajstić information content (AvgIpc) is 2.97. The van der Waals surface area contributed by atoms with E-state index in [2.05, 4.69) is 25.7 Å². The highest BCUT2D eigenvalue weighted by atomic mass is 16.2. The van der Waals surface area contributed by atoms with Crippen LogP contribution in [0.25, 0.3) is 0 Å². The molecule has 1 aliphatic heterocycles. The fourth-order valence-electron chi connectivity index (χ4n) is 4.44. The highest BCUT2D eigenvalue weighted by Gasteiger charge is 2.35. The van der Waals surface area contributed by atoms with Gasteiger partial charge in [-0.25, -0.2) is 0 Å². The molecule has 210 valence electrons. The second-order valence-corrected chi connectivity index (χ2v) is 9.49. The Labute approximate surface area is 237 Å². The molecule has 12 heteroatoms. The molecule has 0 saturated heterocycles. The van der Waals surface area contributed by atoms with Crippen molar-refractivity contribution >= 4 is 40.8 Å². The lowest BCUT2D eigenvalue weighted by Gasteiger charge is -2.36. The van der Waals surface area contributed by atoms with Crippen LogP contribution < -0.4 is 28.3 Å². The fraction of sp³-hybridized carbons (Fsp3) is 0.172. The van der Waals surface area contributed by atoms with Crippen LogP contribution in [0, 0.1) is 0 Å². The summed E-state index contributed by atoms with van der Waals surface area (Å²) in [5, 5.41) is 18.3. The molecule has 0 spiro atoms. The number of carbonyl (C=O) groups is 2. The summed E-state index contributed by atoms with van der Waals surface area (Å²) in [5.41, 5.74) is 27.0. The number of hydrogen-bond donors (Lipinski definition) is 5. The Kier molecular flexibility index (Phi) is 8.72. The van der Waals surface area contributed by atoms with Crippen molar-refractivity contribution in [3.05, 3.63) is 101 Å². The van der Waals surface area contributed by atoms with Crippen molar-refractivity contribution in [2.45, 2.75) is 32.9 Å². The Morgan fingerprint density at radius 1 is 0.732 bits per heavy atom. The van der Waals surface area contributed by atoms with Gasteiger partial charge in [0.25, 0.3) is 5.91 Å². The number of nitrogens with zero attached hydrogens (tertiary/aromatic N) is 5. The van der Waals surface area contributed by atoms with Gasteiger partial charge >= 0.3 is 0 Å². The van der Waals surface area contributed by atoms with Crippen molar-refractivity contribution in [3.63, 3.8) is 0 Å². The van der Waals surface area contributed by atoms with Crippen molar-refractivity contribution in [3.8, 4) is 0 Å². The van der Waals surface area contributed by atoms with Crippen LogP contribution >= 0.6 is 0 Å². The van der Waals surface area contributed by atoms with Crippen LogP contribution in [0.2, 0.25) is 0 Å². The number of benzene rings is 3. The Morgan fingerprint density at radius 3 is 1.93 bits per heavy atom. The van der Waals surface area contributed by atoms with Gasteiger partial charge in [0, 0.05) is 24.2 Å². The van der Waals surface area contributed by atoms with Gasteiger partial charge in [-0.05, 0) is 60.4 Å². The minimum Gasteiger partial charge on any atom is -0.369 e. The van der Waals surface area contributed by atoms with Gasteiger partial charge in [-0.3, -0.25) is 9.59 Å². The first kappa shape index (κ1) is 28.5. The van der Waals surface area contributed by atoms with Gasteiger partial charge in [-0.1, -0.05) is 48.5 Å². The average molecular weight is 553 g/mol. The number of nitrogens with one attached hydrogen (secondary N) is 1. The molecule has 1 heterocycles. The van der Waals surface area contributed by atoms with Crippen molar-refractivity contribution in [1.82, 2.24) is 4.90 Å². The van der Waals surface area contributed by atoms with E-state index >= 15 is 0 Å². The van der Waals surface area contributed by atoms with E-state index in [0.29, 0.717) is 34.7 Å². The molecule has 12 nitrogen and oxygen atoms in total. The molecule has 1 aliphatic rings. The summed E-state index contributed by atoms with van der Waals surface area (Å²) >= 11 is 0. The molecule has 0 fully saturated rings. The van der Waals surface area contributed by atoms with Gasteiger partial charge in [-0.2, -0.15) is 10.2 Å². The molecular weight excluding hydrogens is 520 g/mol. The summed E-state index contributed by atoms with van der Waals surface area (Å²) in [6, 6.07) is 21.2. The molecule has 0 aliphatic carbocycles. The summed E-state index contributed by atoms with van der Waals surface area (Å²) in [6.45, 7) is 3.77. The Balaban J connectivity index is 1.63. The minimum atomic E-state index is -0.752. The van der Waals surface area contributed by atoms with Crippen molar-refractivity contribution in [2.75, 3.05) is 5.32 Å². The van der Waals surface area contributed by atoms with Crippen molar-refractivity contribution in [1.29, 1.82) is 0 Å². The van der Waals surface area contributed by atoms with Gasteiger partial charge in [-0.15, -0.1) is 10.2 Å². The standard InChI is InChI=1S/C29H32N10O2/c1-17(35-37-28(30)31)19-9-5-11-22(13-19)27(41)39-16-23-8-4-3-7-21(23)15-25(39)26(40)34-24-12-6-10-20(14-24)18(2)36-38-29(32)33/h3-14,25H,15-16H2,1-2H3,(H,34,40)(H4,30,31,37)(H4,32,33,38)/t25-/m0/s1. The van der Waals surface area contributed by atoms with Gasteiger partial charge in [0.05, 0.1) is 11.4 Å². The van der Waals surface area contributed by atoms with Crippen LogP contribution in [0.4, 0.5) is 5.69 Å². The van der Waals surface area contributed by atoms with E-state index in [9.17, 15) is 9.59 Å². The van der Waals surface area contributed by atoms with Crippen LogP contribution in [0.5, 0.6) is 0 Å². The van der Waals surface area contributed by atoms with E-state index in [1.54, 1.807) is 61.2 Å². The van der Waals surface area contributed by atoms with E-state index < -0.39 is 6.04 Å². The molecule has 4 rings (SSSR count). The topological polar surface area (TPSA) is 203 Å². The fourth-order valence-corrected chi connectivity index (χ4v) is 4.44. The third kappa shape index (κ3) is 7.12. The molecule has 0 unspecified atom stereocenters. The summed E-state index contributed by atoms with van der Waals surface area (Å²) < 4.78 is 0. The number of guanidine groups is 2. The number of amides is 2. The van der Waals surface area contributed by atoms with Gasteiger partial charge < -0.3 is 33.2 Å². The molecule has 0 radical (unpaired) electrons. The molecular formula is C29H32N10O2. The summed E-state index contributed by atoms with van der Waals surface area (Å²) in [7, 11) is 0. The number of fused-ring (bicyclic) bond motifs is 1. The maximum Gasteiger partial charge on any atom is 0.254 e. The Hall–Kier alpha value is -5.52. The van der Waals surface area contributed by atoms with Crippen molar-refractivity contribution < 1.29 is 9.59 Å². The monoisotopic (exact) mass is 552 g/mol. The maximum atomic E-state index is 13.9. The van der Waals surface area contributed by atoms with Crippen molar-refractivity contribution in [2.24, 2.45) is 43.3 Å². The number of carbonyl (C=O) groups excluding carboxylic acids is 2. The van der Waals surface area contributed by atoms with E-state index in [0.717, 1.165) is 16.7 Å². The lowest BCUT2D eigenvalue weighted by atomic mass is 9.92. The molecule has 0 bridgehead atoms. The van der Waals surface area contributed by atoms with Crippen LogP contribution in [0.15, 0.2) is 93.2 Å². The summed E-state index contributed by atoms with van der Waals surface area (Å²) in [4.78, 5) is 29.2. The van der Waals surface area contributed by atoms with Crippen LogP contribution in [-0.4, -0.2) is 46.1 Å². The zero-order valence-electron chi connectivity index (χ0n) is 22.8. The highest BCUT2D eigenvalue weighted by molar-refractivity contribution is 6.05. The van der Waals surface area contributed by atoms with Crippen LogP contribution in [0.3, 0.4) is 0 Å². The van der Waals surface area contributed by atoms with Crippen LogP contribution in [-0.2, 0) is 17.8 Å². The van der Waals surface area contributed by atoms with Gasteiger partial charge in [0.2, 0.25) is 17.8 Å². The number of anilines is 1. The normalized spacial score (nSPS) is 15.0. The number of hydrogen-bond acceptors (Lipinski definition) is 6. The lowest BCUT2D eigenvalue weighted by Crippen LogP contribution is -2.50. The molecule has 3 aromatic carbocycles. The molecule has 0 saturated carbocycles. The molecule has 9 N–H and O–H groups in total. The largest absolute Gasteiger partial charge is 0.369 e. The maximum absolute atomic E-state index is 13.9. The van der Waals surface area contributed by atoms with E-state index in [-0.39, 0.29) is 30.3 Å². The Morgan fingerprint density at radius 2 is 1.29 bits per heavy atom. The van der Waals surface area contributed by atoms with Crippen LogP contribution in [0.1, 0.15) is 46.5 Å². The molecule has 3 aromatic rings. The van der Waals surface area contributed by atoms with Gasteiger partial charge in [0.1, 0.15) is 6.04 Å². The molecule has 41 heavy (non-hydrogen) atoms. The summed E-state index contributed by atoms with van der Waals surface area (Å²) in [5.74, 6) is -0.923. The first-order chi connectivity index (χ1) is 19.6. The predicted octanol–water partition coefficient (Wildman–Crippen LogP) is 1.89. The predicted molar refractivity (Wildman–Crippen MR) is 161 cm³/mol. The van der Waals surface area contributed by atoms with E-state index in [4.69, 9.17) is 22.9 Å². The third-order valence-corrected chi connectivity index (χ3v) is 6.52. The second-order valence-electron chi connectivity index (χ2n) is 9.49. The SMILES string of the molecule is CC(=NN=C(N)N)c1cccc(NC(=O)[C@@H]2Cc3ccccc3CN2C(=O)c2cccc(C(C)=NN=C(N)N)c2)c1. The second kappa shape index (κ2) is 12.6. The smallest absolute Gasteiger partial charge is 0.254 e. The minimum absolute atomic E-state index is 0.155. The zero-order valence-corrected chi connectivity index (χ0v) is 22.8. The number of rotatable bonds is 7. The molecule has 0 aromatic heterocycles. The van der Waals surface area contributed by atoms with E-state index in [1.807, 2.05) is 30.3 Å². The molecule has 2 amide bonds. The number of nitrogens with two attached hydrogens (primary N) is 4. The first-order valence-corrected chi connectivity index (χ1v) is 12.8. The highest BCUT2D eigenvalue weighted by Crippen LogP contribution is 2.26. The third-order valence-electron chi connectivity index (χ3n) is 6.52. The summed E-state index contributed by atoms with van der Waals surface area (Å²) in [6.07, 6.45) is 0.364. The Bertz CT molecular complexity index is 1580. The first-order valence-electron chi connectivity index (χ1n) is 12.8. The quantitative estimate of drug-likeness (QED) is 0.168. The zero-order chi connectivity index (χ0) is 29.5. The lowest BCUT2D eigenvalue weighted by molar-refractivity contribution is -0.121. The van der Waals surface area contributed by atoms with Gasteiger partial charge in [0.15, 0.2) is 0 Å². The molecule has 1 atom stereocenters. The van der Waals surface area contributed by atoms with E-state index in [1.165, 1.54) is 0 Å².